The minimum absolute atomic E-state index is 0.00925. The molecule has 0 spiro atoms. The second-order valence-electron chi connectivity index (χ2n) is 6.10. The van der Waals surface area contributed by atoms with Gasteiger partial charge in [0.15, 0.2) is 0 Å². The molecule has 1 N–H and O–H groups in total. The molecule has 2 aromatic rings. The lowest BCUT2D eigenvalue weighted by Crippen LogP contribution is -2.25. The van der Waals surface area contributed by atoms with Crippen molar-refractivity contribution in [2.45, 2.75) is 17.9 Å². The zero-order chi connectivity index (χ0) is 19.4. The Labute approximate surface area is 165 Å². The summed E-state index contributed by atoms with van der Waals surface area (Å²) in [6, 6.07) is 7.15. The maximum atomic E-state index is 11.3. The highest BCUT2D eigenvalue weighted by atomic mass is 32.2. The number of nitro groups is 1. The first-order valence-electron chi connectivity index (χ1n) is 8.32. The maximum Gasteiger partial charge on any atom is 0.283 e. The third kappa shape index (κ3) is 4.36. The van der Waals surface area contributed by atoms with Crippen molar-refractivity contribution in [1.82, 2.24) is 4.90 Å². The number of nitrogens with zero attached hydrogens (tertiary/aromatic N) is 4. The highest BCUT2D eigenvalue weighted by Gasteiger charge is 2.22. The first kappa shape index (κ1) is 19.5. The van der Waals surface area contributed by atoms with Crippen LogP contribution in [0.1, 0.15) is 21.6 Å². The van der Waals surface area contributed by atoms with Gasteiger partial charge >= 0.3 is 0 Å². The van der Waals surface area contributed by atoms with Crippen LogP contribution < -0.4 is 0 Å². The zero-order valence-electron chi connectivity index (χ0n) is 14.7. The Hall–Kier alpha value is -2.25. The van der Waals surface area contributed by atoms with E-state index in [0.29, 0.717) is 26.8 Å². The first-order chi connectivity index (χ1) is 13.0. The summed E-state index contributed by atoms with van der Waals surface area (Å²) in [4.78, 5) is 19.2. The molecule has 0 fully saturated rings. The quantitative estimate of drug-likeness (QED) is 0.344. The second kappa shape index (κ2) is 8.63. The van der Waals surface area contributed by atoms with Crippen LogP contribution in [0.3, 0.4) is 0 Å². The average molecular weight is 403 g/mol. The molecule has 3 rings (SSSR count). The van der Waals surface area contributed by atoms with Gasteiger partial charge in [-0.05, 0) is 30.7 Å². The van der Waals surface area contributed by atoms with Gasteiger partial charge < -0.3 is 10.0 Å². The van der Waals surface area contributed by atoms with Crippen molar-refractivity contribution in [3.8, 4) is 6.07 Å². The zero-order valence-corrected chi connectivity index (χ0v) is 16.3. The monoisotopic (exact) mass is 402 g/mol. The van der Waals surface area contributed by atoms with Crippen molar-refractivity contribution in [3.05, 3.63) is 49.9 Å². The Morgan fingerprint density at radius 1 is 1.56 bits per heavy atom. The van der Waals surface area contributed by atoms with Crippen LogP contribution >= 0.6 is 23.1 Å². The van der Waals surface area contributed by atoms with Crippen molar-refractivity contribution < 1.29 is 10.0 Å². The molecule has 0 unspecified atom stereocenters. The molecule has 0 aliphatic carbocycles. The molecule has 0 bridgehead atoms. The SMILES string of the molecule is CN1CCc2c(sc(N=Cc3ccc(SCCO)c([N+](=O)[O-])c3)c2C#N)C1. The van der Waals surface area contributed by atoms with E-state index in [1.165, 1.54) is 29.2 Å². The number of hydrogen-bond donors (Lipinski definition) is 1. The predicted octanol–water partition coefficient (Wildman–Crippen LogP) is 3.35. The second-order valence-corrected chi connectivity index (χ2v) is 8.32. The number of nitriles is 1. The molecule has 9 heteroatoms. The van der Waals surface area contributed by atoms with Crippen LogP contribution in [-0.4, -0.2) is 47.1 Å². The Balaban J connectivity index is 1.89. The van der Waals surface area contributed by atoms with Gasteiger partial charge in [0.05, 0.1) is 22.0 Å². The topological polar surface area (TPSA) is 103 Å². The van der Waals surface area contributed by atoms with E-state index in [1.807, 2.05) is 7.05 Å². The van der Waals surface area contributed by atoms with Crippen molar-refractivity contribution >= 4 is 40.0 Å². The van der Waals surface area contributed by atoms with Gasteiger partial charge in [0.2, 0.25) is 0 Å². The summed E-state index contributed by atoms with van der Waals surface area (Å²) in [6.45, 7) is 1.69. The number of fused-ring (bicyclic) bond motifs is 1. The fourth-order valence-corrected chi connectivity index (χ4v) is 4.87. The first-order valence-corrected chi connectivity index (χ1v) is 10.1. The molecular weight excluding hydrogens is 384 g/mol. The van der Waals surface area contributed by atoms with Gasteiger partial charge in [-0.1, -0.05) is 6.07 Å². The Kier molecular flexibility index (Phi) is 6.23. The third-order valence-corrected chi connectivity index (χ3v) is 6.37. The van der Waals surface area contributed by atoms with Gasteiger partial charge in [0, 0.05) is 36.0 Å². The Morgan fingerprint density at radius 3 is 3.07 bits per heavy atom. The van der Waals surface area contributed by atoms with Crippen molar-refractivity contribution in [2.24, 2.45) is 4.99 Å². The van der Waals surface area contributed by atoms with Gasteiger partial charge in [-0.15, -0.1) is 23.1 Å². The minimum Gasteiger partial charge on any atom is -0.396 e. The molecule has 7 nitrogen and oxygen atoms in total. The number of hydrogen-bond acceptors (Lipinski definition) is 8. The fraction of sp³-hybridized carbons (Fsp3) is 0.333. The molecule has 0 saturated carbocycles. The van der Waals surface area contributed by atoms with Crippen LogP contribution in [0, 0.1) is 21.4 Å². The van der Waals surface area contributed by atoms with E-state index in [-0.39, 0.29) is 12.3 Å². The molecule has 27 heavy (non-hydrogen) atoms. The number of aliphatic imine (C=N–C) groups is 1. The molecule has 0 amide bonds. The van der Waals surface area contributed by atoms with Crippen molar-refractivity contribution in [1.29, 1.82) is 5.26 Å². The summed E-state index contributed by atoms with van der Waals surface area (Å²) in [5.41, 5.74) is 2.28. The number of aliphatic hydroxyl groups excluding tert-OH is 1. The summed E-state index contributed by atoms with van der Waals surface area (Å²) in [5, 5.41) is 30.4. The fourth-order valence-electron chi connectivity index (χ4n) is 2.89. The Morgan fingerprint density at radius 2 is 2.37 bits per heavy atom. The largest absolute Gasteiger partial charge is 0.396 e. The highest BCUT2D eigenvalue weighted by molar-refractivity contribution is 7.99. The number of thiophene rings is 1. The predicted molar refractivity (Wildman–Crippen MR) is 107 cm³/mol. The number of benzene rings is 1. The van der Waals surface area contributed by atoms with Crippen LogP contribution in [0.2, 0.25) is 0 Å². The van der Waals surface area contributed by atoms with Gasteiger partial charge in [-0.2, -0.15) is 5.26 Å². The van der Waals surface area contributed by atoms with E-state index < -0.39 is 4.92 Å². The molecule has 1 aromatic heterocycles. The van der Waals surface area contributed by atoms with Gasteiger partial charge in [0.25, 0.3) is 5.69 Å². The number of likely N-dealkylation sites (N-methyl/N-ethyl adjacent to an activating group) is 1. The molecule has 140 valence electrons. The smallest absolute Gasteiger partial charge is 0.283 e. The minimum atomic E-state index is -0.433. The molecular formula is C18H18N4O3S2. The lowest BCUT2D eigenvalue weighted by atomic mass is 10.0. The normalized spacial score (nSPS) is 14.3. The lowest BCUT2D eigenvalue weighted by molar-refractivity contribution is -0.387. The lowest BCUT2D eigenvalue weighted by Gasteiger charge is -2.21. The van der Waals surface area contributed by atoms with Crippen LogP contribution in [-0.2, 0) is 13.0 Å². The van der Waals surface area contributed by atoms with Crippen molar-refractivity contribution in [3.63, 3.8) is 0 Å². The number of rotatable bonds is 6. The van der Waals surface area contributed by atoms with E-state index in [0.717, 1.165) is 30.0 Å². The standard InChI is InChI=1S/C18H18N4O3S2/c1-21-5-4-13-14(9-19)18(27-17(13)11-21)20-10-12-2-3-16(26-7-6-23)15(8-12)22(24)25/h2-3,8,10,23H,4-7,11H2,1H3. The summed E-state index contributed by atoms with van der Waals surface area (Å²) < 4.78 is 0. The molecule has 1 aromatic carbocycles. The highest BCUT2D eigenvalue weighted by Crippen LogP contribution is 2.38. The van der Waals surface area contributed by atoms with Gasteiger partial charge in [-0.25, -0.2) is 4.99 Å². The molecule has 0 saturated heterocycles. The molecule has 1 aliphatic rings. The van der Waals surface area contributed by atoms with E-state index in [2.05, 4.69) is 16.0 Å². The van der Waals surface area contributed by atoms with E-state index in [1.54, 1.807) is 18.3 Å². The van der Waals surface area contributed by atoms with Gasteiger partial charge in [-0.3, -0.25) is 10.1 Å². The van der Waals surface area contributed by atoms with Gasteiger partial charge in [0.1, 0.15) is 11.1 Å². The molecule has 2 heterocycles. The van der Waals surface area contributed by atoms with E-state index in [4.69, 9.17) is 5.11 Å². The summed E-state index contributed by atoms with van der Waals surface area (Å²) >= 11 is 2.75. The molecule has 0 atom stereocenters. The average Bonchev–Trinajstić information content (AvgIpc) is 3.01. The number of thioether (sulfide) groups is 1. The molecule has 1 aliphatic heterocycles. The van der Waals surface area contributed by atoms with E-state index >= 15 is 0 Å². The molecule has 0 radical (unpaired) electrons. The van der Waals surface area contributed by atoms with Crippen LogP contribution in [0.5, 0.6) is 0 Å². The van der Waals surface area contributed by atoms with Crippen LogP contribution in [0.15, 0.2) is 28.1 Å². The van der Waals surface area contributed by atoms with E-state index in [9.17, 15) is 15.4 Å². The summed E-state index contributed by atoms with van der Waals surface area (Å²) in [7, 11) is 2.05. The maximum absolute atomic E-state index is 11.3. The summed E-state index contributed by atoms with van der Waals surface area (Å²) in [6.07, 6.45) is 2.40. The summed E-state index contributed by atoms with van der Waals surface area (Å²) in [5.74, 6) is 0.398. The third-order valence-electron chi connectivity index (χ3n) is 4.20. The van der Waals surface area contributed by atoms with Crippen LogP contribution in [0.25, 0.3) is 0 Å². The van der Waals surface area contributed by atoms with Crippen LogP contribution in [0.4, 0.5) is 10.7 Å². The Bertz CT molecular complexity index is 933. The number of nitro benzene ring substituents is 1. The van der Waals surface area contributed by atoms with Crippen molar-refractivity contribution in [2.75, 3.05) is 26.0 Å². The number of aliphatic hydroxyl groups is 1.